The Morgan fingerprint density at radius 2 is 1.77 bits per heavy atom. The molecule has 3 heteroatoms. The maximum absolute atomic E-state index is 10.0. The molecule has 0 atom stereocenters. The second-order valence-electron chi connectivity index (χ2n) is 5.87. The maximum atomic E-state index is 10.0. The van der Waals surface area contributed by atoms with Crippen LogP contribution in [0.15, 0.2) is 52.4 Å². The summed E-state index contributed by atoms with van der Waals surface area (Å²) < 4.78 is 0. The number of para-hydroxylation sites is 1. The summed E-state index contributed by atoms with van der Waals surface area (Å²) in [5.41, 5.74) is 2.90. The molecule has 0 aromatic heterocycles. The summed E-state index contributed by atoms with van der Waals surface area (Å²) in [6.07, 6.45) is 1.75. The zero-order valence-electron chi connectivity index (χ0n) is 13.6. The van der Waals surface area contributed by atoms with E-state index in [0.29, 0.717) is 11.2 Å². The van der Waals surface area contributed by atoms with Gasteiger partial charge in [0.2, 0.25) is 0 Å². The normalized spacial score (nSPS) is 11.7. The number of hydrogen-bond donors (Lipinski definition) is 1. The highest BCUT2D eigenvalue weighted by Crippen LogP contribution is 2.32. The van der Waals surface area contributed by atoms with Gasteiger partial charge in [0.25, 0.3) is 0 Å². The van der Waals surface area contributed by atoms with Crippen molar-refractivity contribution in [3.63, 3.8) is 0 Å². The molecule has 0 saturated carbocycles. The SMILES string of the molecule is CC(C)Sc1ccccc1N=Cc1cc(C(C)C)ccc1O. The molecule has 0 spiro atoms. The van der Waals surface area contributed by atoms with Crippen molar-refractivity contribution in [1.29, 1.82) is 0 Å². The number of nitrogens with zero attached hydrogens (tertiary/aromatic N) is 1. The zero-order valence-corrected chi connectivity index (χ0v) is 14.4. The third-order valence-electron chi connectivity index (χ3n) is 3.29. The van der Waals surface area contributed by atoms with Gasteiger partial charge in [0.15, 0.2) is 0 Å². The molecule has 0 heterocycles. The van der Waals surface area contributed by atoms with Crippen LogP contribution in [0.3, 0.4) is 0 Å². The average Bonchev–Trinajstić information content (AvgIpc) is 2.47. The lowest BCUT2D eigenvalue weighted by atomic mass is 10.0. The predicted molar refractivity (Wildman–Crippen MR) is 96.9 cm³/mol. The van der Waals surface area contributed by atoms with Gasteiger partial charge in [-0.1, -0.05) is 45.9 Å². The Labute approximate surface area is 137 Å². The molecule has 0 aliphatic heterocycles. The Hall–Kier alpha value is -1.74. The van der Waals surface area contributed by atoms with Gasteiger partial charge >= 0.3 is 0 Å². The predicted octanol–water partition coefficient (Wildman–Crippen LogP) is 5.77. The van der Waals surface area contributed by atoms with Gasteiger partial charge in [0, 0.05) is 21.9 Å². The van der Waals surface area contributed by atoms with E-state index in [1.165, 1.54) is 5.56 Å². The molecule has 0 radical (unpaired) electrons. The Morgan fingerprint density at radius 1 is 1.05 bits per heavy atom. The summed E-state index contributed by atoms with van der Waals surface area (Å²) in [7, 11) is 0. The monoisotopic (exact) mass is 313 g/mol. The van der Waals surface area contributed by atoms with E-state index in [1.54, 1.807) is 24.0 Å². The fourth-order valence-electron chi connectivity index (χ4n) is 2.09. The van der Waals surface area contributed by atoms with Crippen molar-refractivity contribution >= 4 is 23.7 Å². The van der Waals surface area contributed by atoms with Crippen molar-refractivity contribution in [2.45, 2.75) is 43.8 Å². The van der Waals surface area contributed by atoms with Crippen LogP contribution in [0.1, 0.15) is 44.7 Å². The van der Waals surface area contributed by atoms with Crippen LogP contribution in [0.25, 0.3) is 0 Å². The molecule has 2 aromatic rings. The number of thioether (sulfide) groups is 1. The highest BCUT2D eigenvalue weighted by atomic mass is 32.2. The standard InChI is InChI=1S/C19H23NOS/c1-13(2)15-9-10-18(21)16(11-15)12-20-17-7-5-6-8-19(17)22-14(3)4/h5-14,21H,1-4H3. The fourth-order valence-corrected chi connectivity index (χ4v) is 3.00. The highest BCUT2D eigenvalue weighted by Gasteiger charge is 2.06. The van der Waals surface area contributed by atoms with Crippen LogP contribution in [0.5, 0.6) is 5.75 Å². The summed E-state index contributed by atoms with van der Waals surface area (Å²) >= 11 is 1.80. The molecule has 0 bridgehead atoms. The van der Waals surface area contributed by atoms with Crippen molar-refractivity contribution < 1.29 is 5.11 Å². The van der Waals surface area contributed by atoms with E-state index >= 15 is 0 Å². The first kappa shape index (κ1) is 16.6. The summed E-state index contributed by atoms with van der Waals surface area (Å²) in [5.74, 6) is 0.693. The fraction of sp³-hybridized carbons (Fsp3) is 0.316. The lowest BCUT2D eigenvalue weighted by molar-refractivity contribution is 0.474. The Kier molecular flexibility index (Phi) is 5.67. The van der Waals surface area contributed by atoms with Gasteiger partial charge in [-0.3, -0.25) is 4.99 Å². The van der Waals surface area contributed by atoms with Crippen LogP contribution in [-0.4, -0.2) is 16.6 Å². The topological polar surface area (TPSA) is 32.6 Å². The molecule has 0 fully saturated rings. The molecule has 2 rings (SSSR count). The number of aromatic hydroxyl groups is 1. The Morgan fingerprint density at radius 3 is 2.45 bits per heavy atom. The van der Waals surface area contributed by atoms with Gasteiger partial charge in [0.1, 0.15) is 5.75 Å². The summed E-state index contributed by atoms with van der Waals surface area (Å²) in [6.45, 7) is 8.62. The van der Waals surface area contributed by atoms with E-state index in [4.69, 9.17) is 0 Å². The zero-order chi connectivity index (χ0) is 16.1. The summed E-state index contributed by atoms with van der Waals surface area (Å²) in [6, 6.07) is 13.8. The van der Waals surface area contributed by atoms with Crippen LogP contribution in [0.2, 0.25) is 0 Å². The van der Waals surface area contributed by atoms with Crippen LogP contribution < -0.4 is 0 Å². The minimum Gasteiger partial charge on any atom is -0.507 e. The average molecular weight is 313 g/mol. The molecule has 0 amide bonds. The third-order valence-corrected chi connectivity index (χ3v) is 4.36. The smallest absolute Gasteiger partial charge is 0.124 e. The molecule has 2 aromatic carbocycles. The highest BCUT2D eigenvalue weighted by molar-refractivity contribution is 8.00. The van der Waals surface area contributed by atoms with Crippen molar-refractivity contribution in [3.05, 3.63) is 53.6 Å². The van der Waals surface area contributed by atoms with E-state index in [2.05, 4.69) is 38.8 Å². The number of rotatable bonds is 5. The molecule has 2 nitrogen and oxygen atoms in total. The van der Waals surface area contributed by atoms with Gasteiger partial charge < -0.3 is 5.11 Å². The molecule has 1 N–H and O–H groups in total. The number of phenols is 1. The number of hydrogen-bond acceptors (Lipinski definition) is 3. The number of aliphatic imine (C=N–C) groups is 1. The van der Waals surface area contributed by atoms with Crippen LogP contribution >= 0.6 is 11.8 Å². The molecule has 0 unspecified atom stereocenters. The van der Waals surface area contributed by atoms with E-state index in [9.17, 15) is 5.11 Å². The van der Waals surface area contributed by atoms with Crippen LogP contribution in [0, 0.1) is 0 Å². The molecule has 0 aliphatic rings. The van der Waals surface area contributed by atoms with Gasteiger partial charge in [0.05, 0.1) is 5.69 Å². The van der Waals surface area contributed by atoms with Gasteiger partial charge in [-0.25, -0.2) is 0 Å². The number of benzene rings is 2. The molecular formula is C19H23NOS. The molecule has 0 aliphatic carbocycles. The molecule has 0 saturated heterocycles. The van der Waals surface area contributed by atoms with E-state index < -0.39 is 0 Å². The second kappa shape index (κ2) is 7.50. The first-order valence-electron chi connectivity index (χ1n) is 7.60. The largest absolute Gasteiger partial charge is 0.507 e. The van der Waals surface area contributed by atoms with Crippen LogP contribution in [-0.2, 0) is 0 Å². The maximum Gasteiger partial charge on any atom is 0.124 e. The number of phenolic OH excluding ortho intramolecular Hbond substituents is 1. The lowest BCUT2D eigenvalue weighted by Gasteiger charge is -2.09. The molecule has 116 valence electrons. The second-order valence-corrected chi connectivity index (χ2v) is 7.48. The first-order chi connectivity index (χ1) is 10.5. The summed E-state index contributed by atoms with van der Waals surface area (Å²) in [4.78, 5) is 5.75. The Balaban J connectivity index is 2.31. The van der Waals surface area contributed by atoms with E-state index in [1.807, 2.05) is 30.3 Å². The van der Waals surface area contributed by atoms with Crippen molar-refractivity contribution in [2.24, 2.45) is 4.99 Å². The van der Waals surface area contributed by atoms with Crippen molar-refractivity contribution in [3.8, 4) is 5.75 Å². The van der Waals surface area contributed by atoms with Gasteiger partial charge in [-0.05, 0) is 35.7 Å². The van der Waals surface area contributed by atoms with Crippen molar-refractivity contribution in [1.82, 2.24) is 0 Å². The summed E-state index contributed by atoms with van der Waals surface area (Å²) in [5, 5.41) is 10.5. The molecule has 22 heavy (non-hydrogen) atoms. The van der Waals surface area contributed by atoms with Crippen molar-refractivity contribution in [2.75, 3.05) is 0 Å². The third kappa shape index (κ3) is 4.38. The van der Waals surface area contributed by atoms with Gasteiger partial charge in [-0.2, -0.15) is 0 Å². The quantitative estimate of drug-likeness (QED) is 0.561. The lowest BCUT2D eigenvalue weighted by Crippen LogP contribution is -1.91. The Bertz CT molecular complexity index is 662. The van der Waals surface area contributed by atoms with E-state index in [-0.39, 0.29) is 5.75 Å². The minimum atomic E-state index is 0.266. The first-order valence-corrected chi connectivity index (χ1v) is 8.48. The molecular weight excluding hydrogens is 290 g/mol. The van der Waals surface area contributed by atoms with Crippen LogP contribution in [0.4, 0.5) is 5.69 Å². The van der Waals surface area contributed by atoms with E-state index in [0.717, 1.165) is 16.1 Å². The minimum absolute atomic E-state index is 0.266. The van der Waals surface area contributed by atoms with Gasteiger partial charge in [-0.15, -0.1) is 11.8 Å².